The van der Waals surface area contributed by atoms with Gasteiger partial charge in [-0.25, -0.2) is 0 Å². The van der Waals surface area contributed by atoms with Gasteiger partial charge in [0.05, 0.1) is 5.56 Å². The highest BCUT2D eigenvalue weighted by Gasteiger charge is 2.32. The zero-order chi connectivity index (χ0) is 16.3. The van der Waals surface area contributed by atoms with Crippen molar-refractivity contribution in [1.29, 1.82) is 0 Å². The minimum absolute atomic E-state index is 0.825. The fourth-order valence-electron chi connectivity index (χ4n) is 4.45. The Morgan fingerprint density at radius 3 is 2.88 bits per heavy atom. The molecular formula is C21H22NOS+. The lowest BCUT2D eigenvalue weighted by Crippen LogP contribution is -2.32. The molecule has 1 saturated carbocycles. The van der Waals surface area contributed by atoms with E-state index in [9.17, 15) is 0 Å². The first kappa shape index (κ1) is 14.5. The van der Waals surface area contributed by atoms with Gasteiger partial charge in [0.1, 0.15) is 12.8 Å². The normalized spacial score (nSPS) is 16.4. The minimum Gasteiger partial charge on any atom is -0.448 e. The van der Waals surface area contributed by atoms with Crippen molar-refractivity contribution in [2.75, 3.05) is 0 Å². The molecule has 122 valence electrons. The molecule has 1 aliphatic heterocycles. The molecule has 5 rings (SSSR count). The number of hydrogen-bond acceptors (Lipinski definition) is 2. The van der Waals surface area contributed by atoms with Crippen LogP contribution >= 0.6 is 11.3 Å². The average Bonchev–Trinajstić information content (AvgIpc) is 3.23. The monoisotopic (exact) mass is 336 g/mol. The van der Waals surface area contributed by atoms with Gasteiger partial charge in [-0.05, 0) is 30.9 Å². The van der Waals surface area contributed by atoms with Crippen LogP contribution in [0.1, 0.15) is 36.8 Å². The third-order valence-corrected chi connectivity index (χ3v) is 6.63. The van der Waals surface area contributed by atoms with E-state index in [1.165, 1.54) is 58.2 Å². The van der Waals surface area contributed by atoms with E-state index in [-0.39, 0.29) is 0 Å². The van der Waals surface area contributed by atoms with Crippen molar-refractivity contribution in [3.8, 4) is 22.8 Å². The number of nitrogens with zero attached hydrogens (tertiary/aromatic N) is 1. The van der Waals surface area contributed by atoms with Gasteiger partial charge in [-0.1, -0.05) is 31.7 Å². The number of benzene rings is 1. The highest BCUT2D eigenvalue weighted by molar-refractivity contribution is 7.17. The second-order valence-electron chi connectivity index (χ2n) is 7.32. The molecule has 0 atom stereocenters. The molecule has 1 aromatic carbocycles. The van der Waals surface area contributed by atoms with Gasteiger partial charge >= 0.3 is 0 Å². The van der Waals surface area contributed by atoms with Crippen LogP contribution in [-0.2, 0) is 13.5 Å². The van der Waals surface area contributed by atoms with Gasteiger partial charge in [0.2, 0.25) is 5.75 Å². The van der Waals surface area contributed by atoms with E-state index < -0.39 is 0 Å². The van der Waals surface area contributed by atoms with Crippen LogP contribution in [0.25, 0.3) is 21.3 Å². The van der Waals surface area contributed by atoms with Gasteiger partial charge in [0, 0.05) is 27.1 Å². The minimum atomic E-state index is 0.825. The molecule has 0 amide bonds. The molecule has 2 nitrogen and oxygen atoms in total. The third kappa shape index (κ3) is 2.04. The summed E-state index contributed by atoms with van der Waals surface area (Å²) in [5, 5.41) is 3.46. The number of fused-ring (bicyclic) bond motifs is 2. The number of hydrogen-bond donors (Lipinski definition) is 0. The van der Waals surface area contributed by atoms with E-state index in [2.05, 4.69) is 48.3 Å². The molecule has 0 bridgehead atoms. The fourth-order valence-corrected chi connectivity index (χ4v) is 5.32. The molecule has 3 heterocycles. The van der Waals surface area contributed by atoms with Crippen LogP contribution in [0.15, 0.2) is 29.8 Å². The molecular weight excluding hydrogens is 314 g/mol. The van der Waals surface area contributed by atoms with Crippen LogP contribution in [0.3, 0.4) is 0 Å². The van der Waals surface area contributed by atoms with E-state index in [0.29, 0.717) is 0 Å². The quantitative estimate of drug-likeness (QED) is 0.438. The summed E-state index contributed by atoms with van der Waals surface area (Å²) in [5.74, 6) is 2.96. The Bertz CT molecular complexity index is 950. The summed E-state index contributed by atoms with van der Waals surface area (Å²) in [5.41, 5.74) is 5.32. The number of aryl methyl sites for hydroxylation is 2. The number of pyridine rings is 1. The molecule has 2 aliphatic rings. The van der Waals surface area contributed by atoms with Crippen LogP contribution in [0, 0.1) is 12.8 Å². The molecule has 24 heavy (non-hydrogen) atoms. The topological polar surface area (TPSA) is 13.1 Å². The predicted octanol–water partition coefficient (Wildman–Crippen LogP) is 5.54. The highest BCUT2D eigenvalue weighted by Crippen LogP contribution is 2.50. The summed E-state index contributed by atoms with van der Waals surface area (Å²) in [6.07, 6.45) is 8.88. The summed E-state index contributed by atoms with van der Waals surface area (Å²) in [6, 6.07) is 6.74. The molecule has 0 unspecified atom stereocenters. The standard InChI is InChI=1S/C21H22NOS/c1-13-7-8-17-19-16(12-24-17)23-21-15(11-14-5-3-4-6-14)9-10-22(2)20(21)18(13)19/h7-10,12,14H,3-6,11H2,1-2H3/q+1. The van der Waals surface area contributed by atoms with Crippen molar-refractivity contribution in [3.05, 3.63) is 40.9 Å². The highest BCUT2D eigenvalue weighted by atomic mass is 32.1. The Balaban J connectivity index is 1.74. The van der Waals surface area contributed by atoms with Crippen LogP contribution in [0.2, 0.25) is 0 Å². The lowest BCUT2D eigenvalue weighted by atomic mass is 9.92. The number of ether oxygens (including phenoxy) is 1. The Morgan fingerprint density at radius 1 is 1.21 bits per heavy atom. The number of thiophene rings is 1. The first-order valence-electron chi connectivity index (χ1n) is 8.93. The summed E-state index contributed by atoms with van der Waals surface area (Å²) >= 11 is 1.78. The predicted molar refractivity (Wildman–Crippen MR) is 98.9 cm³/mol. The van der Waals surface area contributed by atoms with Crippen LogP contribution in [0.4, 0.5) is 0 Å². The number of rotatable bonds is 2. The fraction of sp³-hybridized carbons (Fsp3) is 0.381. The van der Waals surface area contributed by atoms with E-state index in [4.69, 9.17) is 4.74 Å². The molecule has 0 N–H and O–H groups in total. The van der Waals surface area contributed by atoms with Crippen LogP contribution in [-0.4, -0.2) is 0 Å². The summed E-state index contributed by atoms with van der Waals surface area (Å²) in [6.45, 7) is 2.22. The van der Waals surface area contributed by atoms with Gasteiger partial charge < -0.3 is 4.74 Å². The number of aromatic nitrogens is 1. The van der Waals surface area contributed by atoms with E-state index in [0.717, 1.165) is 23.8 Å². The van der Waals surface area contributed by atoms with Crippen molar-refractivity contribution in [2.45, 2.75) is 39.0 Å². The van der Waals surface area contributed by atoms with Crippen LogP contribution in [0.5, 0.6) is 11.5 Å². The summed E-state index contributed by atoms with van der Waals surface area (Å²) in [7, 11) is 2.14. The first-order chi connectivity index (χ1) is 11.7. The van der Waals surface area contributed by atoms with Crippen molar-refractivity contribution >= 4 is 21.4 Å². The zero-order valence-corrected chi connectivity index (χ0v) is 15.1. The smallest absolute Gasteiger partial charge is 0.256 e. The van der Waals surface area contributed by atoms with Crippen LogP contribution < -0.4 is 9.30 Å². The maximum absolute atomic E-state index is 6.46. The van der Waals surface area contributed by atoms with Gasteiger partial charge in [0.25, 0.3) is 5.69 Å². The van der Waals surface area contributed by atoms with Gasteiger partial charge in [-0.2, -0.15) is 4.57 Å². The Hall–Kier alpha value is -1.87. The van der Waals surface area contributed by atoms with Crippen molar-refractivity contribution < 1.29 is 9.30 Å². The van der Waals surface area contributed by atoms with E-state index in [1.54, 1.807) is 11.3 Å². The first-order valence-corrected chi connectivity index (χ1v) is 9.81. The zero-order valence-electron chi connectivity index (χ0n) is 14.3. The lowest BCUT2D eigenvalue weighted by Gasteiger charge is -2.21. The van der Waals surface area contributed by atoms with Crippen molar-refractivity contribution in [2.24, 2.45) is 13.0 Å². The molecule has 3 aromatic rings. The summed E-state index contributed by atoms with van der Waals surface area (Å²) in [4.78, 5) is 0. The van der Waals surface area contributed by atoms with Crippen molar-refractivity contribution in [3.63, 3.8) is 0 Å². The van der Waals surface area contributed by atoms with E-state index >= 15 is 0 Å². The molecule has 3 heteroatoms. The molecule has 1 aliphatic carbocycles. The molecule has 0 spiro atoms. The van der Waals surface area contributed by atoms with E-state index in [1.807, 2.05) is 0 Å². The third-order valence-electron chi connectivity index (χ3n) is 5.71. The largest absolute Gasteiger partial charge is 0.448 e. The second-order valence-corrected chi connectivity index (χ2v) is 8.23. The lowest BCUT2D eigenvalue weighted by molar-refractivity contribution is -0.660. The molecule has 1 fully saturated rings. The molecule has 0 saturated heterocycles. The van der Waals surface area contributed by atoms with Gasteiger partial charge in [-0.3, -0.25) is 0 Å². The SMILES string of the molecule is Cc1ccc2scc3c2c1-c1c(c(CC2CCCC2)cc[n+]1C)O3. The Labute approximate surface area is 146 Å². The van der Waals surface area contributed by atoms with Crippen molar-refractivity contribution in [1.82, 2.24) is 0 Å². The van der Waals surface area contributed by atoms with Gasteiger partial charge in [-0.15, -0.1) is 11.3 Å². The molecule has 0 radical (unpaired) electrons. The Morgan fingerprint density at radius 2 is 2.04 bits per heavy atom. The maximum Gasteiger partial charge on any atom is 0.256 e. The Kier molecular flexibility index (Phi) is 3.21. The second kappa shape index (κ2) is 5.32. The molecule has 2 aromatic heterocycles. The average molecular weight is 336 g/mol. The van der Waals surface area contributed by atoms with Gasteiger partial charge in [0.15, 0.2) is 6.20 Å². The summed E-state index contributed by atoms with van der Waals surface area (Å²) < 4.78 is 10.0. The maximum atomic E-state index is 6.46.